The van der Waals surface area contributed by atoms with E-state index in [0.29, 0.717) is 12.8 Å². The van der Waals surface area contributed by atoms with Gasteiger partial charge >= 0.3 is 0 Å². The van der Waals surface area contributed by atoms with Crippen LogP contribution in [0.15, 0.2) is 0 Å². The molecule has 0 aliphatic rings. The molecule has 0 saturated carbocycles. The molecule has 1 N–H and O–H groups in total. The number of hydrogen-bond donors (Lipinski definition) is 1. The molecular weight excluding hydrogens is 154 g/mol. The Kier molecular flexibility index (Phi) is 5.54. The molecule has 0 heterocycles. The Labute approximate surface area is 73.5 Å². The topological polar surface area (TPSA) is 46.2 Å². The predicted octanol–water partition coefficient (Wildman–Crippen LogP) is 0.921. The summed E-state index contributed by atoms with van der Waals surface area (Å²) in [5.41, 5.74) is 0. The summed E-state index contributed by atoms with van der Waals surface area (Å²) in [5, 5.41) is 3.06. The van der Waals surface area contributed by atoms with Crippen LogP contribution >= 0.6 is 0 Å². The summed E-state index contributed by atoms with van der Waals surface area (Å²) in [6.07, 6.45) is 1.95. The van der Waals surface area contributed by atoms with Gasteiger partial charge in [-0.2, -0.15) is 0 Å². The van der Waals surface area contributed by atoms with Gasteiger partial charge in [-0.25, -0.2) is 0 Å². The van der Waals surface area contributed by atoms with Gasteiger partial charge in [-0.3, -0.25) is 0 Å². The third-order valence-electron chi connectivity index (χ3n) is 1.52. The zero-order chi connectivity index (χ0) is 9.56. The highest BCUT2D eigenvalue weighted by Gasteiger charge is 2.08. The van der Waals surface area contributed by atoms with Crippen molar-refractivity contribution in [1.29, 1.82) is 0 Å². The second-order valence-corrected chi connectivity index (χ2v) is 3.30. The second kappa shape index (κ2) is 5.89. The van der Waals surface area contributed by atoms with Gasteiger partial charge in [0.05, 0.1) is 6.04 Å². The van der Waals surface area contributed by atoms with Crippen molar-refractivity contribution in [2.75, 3.05) is 0 Å². The third kappa shape index (κ3) is 6.04. The van der Waals surface area contributed by atoms with Crippen molar-refractivity contribution >= 4 is 12.1 Å². The van der Waals surface area contributed by atoms with E-state index in [9.17, 15) is 9.59 Å². The van der Waals surface area contributed by atoms with Crippen molar-refractivity contribution in [2.24, 2.45) is 0 Å². The van der Waals surface area contributed by atoms with Crippen molar-refractivity contribution in [3.63, 3.8) is 0 Å². The van der Waals surface area contributed by atoms with E-state index in [1.807, 2.05) is 13.8 Å². The van der Waals surface area contributed by atoms with E-state index in [4.69, 9.17) is 0 Å². The van der Waals surface area contributed by atoms with Gasteiger partial charge in [-0.15, -0.1) is 0 Å². The summed E-state index contributed by atoms with van der Waals surface area (Å²) in [7, 11) is 0. The normalized spacial score (nSPS) is 13.0. The van der Waals surface area contributed by atoms with Crippen LogP contribution in [0.3, 0.4) is 0 Å². The number of aldehydes is 1. The Morgan fingerprint density at radius 3 is 2.42 bits per heavy atom. The first kappa shape index (κ1) is 11.3. The molecule has 0 spiro atoms. The van der Waals surface area contributed by atoms with Crippen molar-refractivity contribution in [2.45, 2.75) is 45.7 Å². The third-order valence-corrected chi connectivity index (χ3v) is 1.52. The number of carbonyl (C=O) groups is 2. The highest BCUT2D eigenvalue weighted by Crippen LogP contribution is 1.96. The van der Waals surface area contributed by atoms with Crippen LogP contribution in [0, 0.1) is 0 Å². The molecular formula is C9H17NO2. The number of rotatable bonds is 6. The summed E-state index contributed by atoms with van der Waals surface area (Å²) in [4.78, 5) is 21.1. The van der Waals surface area contributed by atoms with Crippen LogP contribution in [-0.4, -0.2) is 24.2 Å². The molecule has 0 fully saturated rings. The Morgan fingerprint density at radius 1 is 1.50 bits per heavy atom. The van der Waals surface area contributed by atoms with Crippen LogP contribution in [0.1, 0.15) is 33.6 Å². The first-order valence-corrected chi connectivity index (χ1v) is 4.27. The lowest BCUT2D eigenvalue weighted by Crippen LogP contribution is -2.36. The molecule has 1 atom stereocenters. The van der Waals surface area contributed by atoms with Gasteiger partial charge in [0.2, 0.25) is 0 Å². The quantitative estimate of drug-likeness (QED) is 0.604. The first-order valence-electron chi connectivity index (χ1n) is 4.27. The zero-order valence-electron chi connectivity index (χ0n) is 7.96. The van der Waals surface area contributed by atoms with Gasteiger partial charge in [0.15, 0.2) is 0 Å². The largest absolute Gasteiger partial charge is 0.305 e. The summed E-state index contributed by atoms with van der Waals surface area (Å²) in [6, 6.07) is 0.112. The molecule has 0 aliphatic carbocycles. The maximum Gasteiger partial charge on any atom is 0.136 e. The van der Waals surface area contributed by atoms with Gasteiger partial charge in [0.1, 0.15) is 12.1 Å². The fraction of sp³-hybridized carbons (Fsp3) is 0.778. The lowest BCUT2D eigenvalue weighted by Gasteiger charge is -2.14. The molecule has 0 amide bonds. The number of ketones is 1. The molecule has 3 heteroatoms. The molecule has 70 valence electrons. The predicted molar refractivity (Wildman–Crippen MR) is 48.0 cm³/mol. The SMILES string of the molecule is CC(=O)CCC(C=O)NC(C)C. The van der Waals surface area contributed by atoms with Gasteiger partial charge in [0.25, 0.3) is 0 Å². The summed E-state index contributed by atoms with van der Waals surface area (Å²) in [5.74, 6) is 0.132. The lowest BCUT2D eigenvalue weighted by atomic mass is 10.1. The fourth-order valence-corrected chi connectivity index (χ4v) is 0.978. The Balaban J connectivity index is 3.67. The van der Waals surface area contributed by atoms with E-state index in [1.165, 1.54) is 6.92 Å². The van der Waals surface area contributed by atoms with Gasteiger partial charge in [-0.05, 0) is 13.3 Å². The molecule has 0 rings (SSSR count). The summed E-state index contributed by atoms with van der Waals surface area (Å²) >= 11 is 0. The van der Waals surface area contributed by atoms with E-state index >= 15 is 0 Å². The minimum Gasteiger partial charge on any atom is -0.305 e. The number of nitrogens with one attached hydrogen (secondary N) is 1. The minimum absolute atomic E-state index is 0.132. The van der Waals surface area contributed by atoms with E-state index in [0.717, 1.165) is 6.29 Å². The average molecular weight is 171 g/mol. The highest BCUT2D eigenvalue weighted by molar-refractivity contribution is 5.76. The van der Waals surface area contributed by atoms with E-state index in [2.05, 4.69) is 5.32 Å². The molecule has 0 radical (unpaired) electrons. The van der Waals surface area contributed by atoms with Crippen molar-refractivity contribution in [1.82, 2.24) is 5.32 Å². The van der Waals surface area contributed by atoms with Crippen LogP contribution in [0.2, 0.25) is 0 Å². The maximum atomic E-state index is 10.6. The molecule has 12 heavy (non-hydrogen) atoms. The van der Waals surface area contributed by atoms with Crippen LogP contribution in [0.4, 0.5) is 0 Å². The Bertz CT molecular complexity index is 155. The first-order chi connectivity index (χ1) is 5.56. The second-order valence-electron chi connectivity index (χ2n) is 3.30. The van der Waals surface area contributed by atoms with Crippen LogP contribution in [0.5, 0.6) is 0 Å². The van der Waals surface area contributed by atoms with Crippen LogP contribution < -0.4 is 5.32 Å². The van der Waals surface area contributed by atoms with Crippen LogP contribution in [-0.2, 0) is 9.59 Å². The average Bonchev–Trinajstić information content (AvgIpc) is 1.97. The van der Waals surface area contributed by atoms with E-state index in [-0.39, 0.29) is 17.9 Å². The number of carbonyl (C=O) groups excluding carboxylic acids is 2. The van der Waals surface area contributed by atoms with Crippen molar-refractivity contribution in [3.05, 3.63) is 0 Å². The maximum absolute atomic E-state index is 10.6. The minimum atomic E-state index is -0.172. The van der Waals surface area contributed by atoms with Crippen molar-refractivity contribution in [3.8, 4) is 0 Å². The van der Waals surface area contributed by atoms with Crippen LogP contribution in [0.25, 0.3) is 0 Å². The molecule has 0 aromatic rings. The number of hydrogen-bond acceptors (Lipinski definition) is 3. The van der Waals surface area contributed by atoms with E-state index < -0.39 is 0 Å². The lowest BCUT2D eigenvalue weighted by molar-refractivity contribution is -0.117. The molecule has 0 aromatic heterocycles. The smallest absolute Gasteiger partial charge is 0.136 e. The molecule has 3 nitrogen and oxygen atoms in total. The van der Waals surface area contributed by atoms with Gasteiger partial charge < -0.3 is 14.9 Å². The zero-order valence-corrected chi connectivity index (χ0v) is 7.96. The number of Topliss-reactive ketones (excluding diaryl/α,β-unsaturated/α-hetero) is 1. The molecule has 0 aliphatic heterocycles. The van der Waals surface area contributed by atoms with Crippen molar-refractivity contribution < 1.29 is 9.59 Å². The van der Waals surface area contributed by atoms with E-state index in [1.54, 1.807) is 0 Å². The van der Waals surface area contributed by atoms with Gasteiger partial charge in [-0.1, -0.05) is 13.8 Å². The fourth-order valence-electron chi connectivity index (χ4n) is 0.978. The molecule has 1 unspecified atom stereocenters. The summed E-state index contributed by atoms with van der Waals surface area (Å²) in [6.45, 7) is 5.49. The molecule has 0 saturated heterocycles. The molecule has 0 bridgehead atoms. The molecule has 0 aromatic carbocycles. The highest BCUT2D eigenvalue weighted by atomic mass is 16.1. The Hall–Kier alpha value is -0.700. The standard InChI is InChI=1S/C9H17NO2/c1-7(2)10-9(6-11)5-4-8(3)12/h6-7,9-10H,4-5H2,1-3H3. The summed E-state index contributed by atoms with van der Waals surface area (Å²) < 4.78 is 0. The van der Waals surface area contributed by atoms with Gasteiger partial charge in [0, 0.05) is 12.5 Å². The monoisotopic (exact) mass is 171 g/mol. The Morgan fingerprint density at radius 2 is 2.08 bits per heavy atom.